The molecule has 0 unspecified atom stereocenters. The minimum Gasteiger partial charge on any atom is -0.494 e. The van der Waals surface area contributed by atoms with Gasteiger partial charge < -0.3 is 4.74 Å². The van der Waals surface area contributed by atoms with Gasteiger partial charge in [-0.15, -0.1) is 0 Å². The van der Waals surface area contributed by atoms with Crippen LogP contribution in [0.1, 0.15) is 18.9 Å². The predicted molar refractivity (Wildman–Crippen MR) is 113 cm³/mol. The van der Waals surface area contributed by atoms with Gasteiger partial charge in [-0.25, -0.2) is 4.98 Å². The fourth-order valence-corrected chi connectivity index (χ4v) is 3.29. The summed E-state index contributed by atoms with van der Waals surface area (Å²) in [6.07, 6.45) is 1.01. The number of fused-ring (bicyclic) bond motifs is 1. The van der Waals surface area contributed by atoms with E-state index in [4.69, 9.17) is 9.72 Å². The lowest BCUT2D eigenvalue weighted by atomic mass is 9.97. The number of aryl methyl sites for hydroxylation is 1. The molecule has 2 heteroatoms. The second-order valence-electron chi connectivity index (χ2n) is 6.81. The molecule has 0 fully saturated rings. The van der Waals surface area contributed by atoms with Crippen LogP contribution in [0, 0.1) is 6.92 Å². The summed E-state index contributed by atoms with van der Waals surface area (Å²) < 4.78 is 5.70. The van der Waals surface area contributed by atoms with Crippen molar-refractivity contribution in [3.63, 3.8) is 0 Å². The molecule has 0 radical (unpaired) electrons. The number of rotatable bonds is 5. The highest BCUT2D eigenvalue weighted by Crippen LogP contribution is 2.33. The lowest BCUT2D eigenvalue weighted by molar-refractivity contribution is 0.317. The molecule has 0 bridgehead atoms. The maximum Gasteiger partial charge on any atom is 0.119 e. The molecule has 4 rings (SSSR count). The van der Waals surface area contributed by atoms with Gasteiger partial charge in [0.05, 0.1) is 17.8 Å². The Hall–Kier alpha value is -3.13. The highest BCUT2D eigenvalue weighted by molar-refractivity contribution is 5.97. The first kappa shape index (κ1) is 17.3. The van der Waals surface area contributed by atoms with Crippen molar-refractivity contribution in [2.24, 2.45) is 0 Å². The van der Waals surface area contributed by atoms with Crippen LogP contribution in [0.4, 0.5) is 0 Å². The molecule has 2 nitrogen and oxygen atoms in total. The molecule has 0 N–H and O–H groups in total. The number of nitrogens with zero attached hydrogens (tertiary/aromatic N) is 1. The molecule has 0 amide bonds. The van der Waals surface area contributed by atoms with E-state index >= 15 is 0 Å². The smallest absolute Gasteiger partial charge is 0.119 e. The number of hydrogen-bond acceptors (Lipinski definition) is 2. The fraction of sp³-hybridized carbons (Fsp3) is 0.160. The van der Waals surface area contributed by atoms with Gasteiger partial charge in [0.15, 0.2) is 0 Å². The molecule has 0 atom stereocenters. The molecular weight excluding hydrogens is 330 g/mol. The maximum atomic E-state index is 5.70. The van der Waals surface area contributed by atoms with Gasteiger partial charge in [-0.3, -0.25) is 0 Å². The fourth-order valence-electron chi connectivity index (χ4n) is 3.29. The van der Waals surface area contributed by atoms with E-state index in [1.54, 1.807) is 0 Å². The minimum atomic E-state index is 0.741. The van der Waals surface area contributed by atoms with E-state index in [1.807, 2.05) is 18.2 Å². The van der Waals surface area contributed by atoms with Crippen LogP contribution < -0.4 is 4.74 Å². The Morgan fingerprint density at radius 3 is 2.33 bits per heavy atom. The molecule has 1 aromatic heterocycles. The standard InChI is InChI=1S/C25H23NO/c1-3-15-27-21-12-10-20(11-13-21)25-17-22(19-7-5-4-6-8-19)23-16-18(2)9-14-24(23)26-25/h4-14,16-17H,3,15H2,1-2H3. The second kappa shape index (κ2) is 7.63. The summed E-state index contributed by atoms with van der Waals surface area (Å²) in [6.45, 7) is 4.97. The van der Waals surface area contributed by atoms with Crippen molar-refractivity contribution < 1.29 is 4.74 Å². The minimum absolute atomic E-state index is 0.741. The van der Waals surface area contributed by atoms with Crippen molar-refractivity contribution in [3.8, 4) is 28.1 Å². The number of aromatic nitrogens is 1. The van der Waals surface area contributed by atoms with Crippen molar-refractivity contribution in [3.05, 3.63) is 84.4 Å². The Bertz CT molecular complexity index is 1050. The zero-order valence-electron chi connectivity index (χ0n) is 15.8. The summed E-state index contributed by atoms with van der Waals surface area (Å²) in [5.41, 5.74) is 6.76. The number of ether oxygens (including phenoxy) is 1. The molecule has 0 aliphatic heterocycles. The first-order valence-electron chi connectivity index (χ1n) is 9.44. The molecule has 0 saturated carbocycles. The van der Waals surface area contributed by atoms with Crippen LogP contribution in [0.5, 0.6) is 5.75 Å². The van der Waals surface area contributed by atoms with Crippen molar-refractivity contribution in [2.45, 2.75) is 20.3 Å². The summed E-state index contributed by atoms with van der Waals surface area (Å²) in [7, 11) is 0. The van der Waals surface area contributed by atoms with Crippen LogP contribution in [0.15, 0.2) is 78.9 Å². The number of pyridine rings is 1. The highest BCUT2D eigenvalue weighted by Gasteiger charge is 2.10. The van der Waals surface area contributed by atoms with Gasteiger partial charge in [0, 0.05) is 10.9 Å². The molecule has 0 aliphatic rings. The van der Waals surface area contributed by atoms with E-state index < -0.39 is 0 Å². The van der Waals surface area contributed by atoms with Gasteiger partial charge in [0.1, 0.15) is 5.75 Å². The average Bonchev–Trinajstić information content (AvgIpc) is 2.72. The van der Waals surface area contributed by atoms with Gasteiger partial charge in [0.2, 0.25) is 0 Å². The maximum absolute atomic E-state index is 5.70. The van der Waals surface area contributed by atoms with E-state index in [0.717, 1.165) is 35.6 Å². The molecule has 0 saturated heterocycles. The van der Waals surface area contributed by atoms with Gasteiger partial charge in [-0.2, -0.15) is 0 Å². The third-order valence-electron chi connectivity index (χ3n) is 4.67. The SMILES string of the molecule is CCCOc1ccc(-c2cc(-c3ccccc3)c3cc(C)ccc3n2)cc1. The van der Waals surface area contributed by atoms with Crippen LogP contribution in [-0.4, -0.2) is 11.6 Å². The Morgan fingerprint density at radius 1 is 0.815 bits per heavy atom. The average molecular weight is 353 g/mol. The largest absolute Gasteiger partial charge is 0.494 e. The summed E-state index contributed by atoms with van der Waals surface area (Å²) >= 11 is 0. The van der Waals surface area contributed by atoms with Gasteiger partial charge >= 0.3 is 0 Å². The zero-order valence-corrected chi connectivity index (χ0v) is 15.8. The Labute approximate surface area is 160 Å². The van der Waals surface area contributed by atoms with Crippen LogP contribution in [0.2, 0.25) is 0 Å². The highest BCUT2D eigenvalue weighted by atomic mass is 16.5. The molecule has 4 aromatic rings. The molecule has 3 aromatic carbocycles. The normalized spacial score (nSPS) is 10.9. The number of benzene rings is 3. The zero-order chi connectivity index (χ0) is 18.6. The first-order chi connectivity index (χ1) is 13.2. The third kappa shape index (κ3) is 3.70. The van der Waals surface area contributed by atoms with Crippen LogP contribution in [0.25, 0.3) is 33.3 Å². The van der Waals surface area contributed by atoms with Gasteiger partial charge in [0.25, 0.3) is 0 Å². The summed E-state index contributed by atoms with van der Waals surface area (Å²) in [6, 6.07) is 27.4. The van der Waals surface area contributed by atoms with Crippen molar-refractivity contribution in [1.29, 1.82) is 0 Å². The van der Waals surface area contributed by atoms with Crippen LogP contribution in [-0.2, 0) is 0 Å². The Balaban J connectivity index is 1.83. The Morgan fingerprint density at radius 2 is 1.59 bits per heavy atom. The molecule has 27 heavy (non-hydrogen) atoms. The van der Waals surface area contributed by atoms with E-state index in [0.29, 0.717) is 0 Å². The lowest BCUT2D eigenvalue weighted by Gasteiger charge is -2.12. The van der Waals surface area contributed by atoms with Crippen LogP contribution >= 0.6 is 0 Å². The Kier molecular flexibility index (Phi) is 4.88. The molecule has 1 heterocycles. The van der Waals surface area contributed by atoms with Crippen molar-refractivity contribution >= 4 is 10.9 Å². The van der Waals surface area contributed by atoms with E-state index in [-0.39, 0.29) is 0 Å². The first-order valence-corrected chi connectivity index (χ1v) is 9.44. The van der Waals surface area contributed by atoms with Gasteiger partial charge in [-0.1, -0.05) is 48.9 Å². The third-order valence-corrected chi connectivity index (χ3v) is 4.67. The molecular formula is C25H23NO. The van der Waals surface area contributed by atoms with Crippen molar-refractivity contribution in [2.75, 3.05) is 6.61 Å². The molecule has 134 valence electrons. The number of hydrogen-bond donors (Lipinski definition) is 0. The predicted octanol–water partition coefficient (Wildman–Crippen LogP) is 6.67. The quantitative estimate of drug-likeness (QED) is 0.400. The summed E-state index contributed by atoms with van der Waals surface area (Å²) in [5.74, 6) is 0.903. The lowest BCUT2D eigenvalue weighted by Crippen LogP contribution is -1.95. The molecule has 0 aliphatic carbocycles. The molecule has 0 spiro atoms. The summed E-state index contributed by atoms with van der Waals surface area (Å²) in [4.78, 5) is 4.92. The van der Waals surface area contributed by atoms with Crippen LogP contribution in [0.3, 0.4) is 0 Å². The van der Waals surface area contributed by atoms with Gasteiger partial charge in [-0.05, 0) is 66.9 Å². The summed E-state index contributed by atoms with van der Waals surface area (Å²) in [5, 5.41) is 1.19. The van der Waals surface area contributed by atoms with E-state index in [9.17, 15) is 0 Å². The van der Waals surface area contributed by atoms with E-state index in [1.165, 1.54) is 22.1 Å². The monoisotopic (exact) mass is 353 g/mol. The topological polar surface area (TPSA) is 22.1 Å². The van der Waals surface area contributed by atoms with Crippen molar-refractivity contribution in [1.82, 2.24) is 4.98 Å². The van der Waals surface area contributed by atoms with E-state index in [2.05, 4.69) is 74.5 Å². The second-order valence-corrected chi connectivity index (χ2v) is 6.81.